The Balaban J connectivity index is 4.29. The van der Waals surface area contributed by atoms with Crippen LogP contribution < -0.4 is 0 Å². The maximum atomic E-state index is 12.9. The Kier molecular flexibility index (Phi) is 42.2. The molecule has 0 heterocycles. The Morgan fingerprint density at radius 2 is 0.778 bits per heavy atom. The lowest BCUT2D eigenvalue weighted by Crippen LogP contribution is -2.28. The number of carbonyl (C=O) groups is 2. The van der Waals surface area contributed by atoms with E-state index in [-0.39, 0.29) is 18.0 Å². The van der Waals surface area contributed by atoms with Crippen LogP contribution in [0.3, 0.4) is 0 Å². The second-order valence-corrected chi connectivity index (χ2v) is 17.3. The smallest absolute Gasteiger partial charge is 0.306 e. The van der Waals surface area contributed by atoms with E-state index in [0.717, 1.165) is 77.4 Å². The number of esters is 2. The number of carbonyl (C=O) groups excluding carboxylic acids is 2. The average molecular weight is 764 g/mol. The van der Waals surface area contributed by atoms with Gasteiger partial charge in [-0.3, -0.25) is 9.59 Å². The third kappa shape index (κ3) is 40.6. The summed E-state index contributed by atoms with van der Waals surface area (Å²) in [5, 5.41) is 0. The van der Waals surface area contributed by atoms with Crippen LogP contribution >= 0.6 is 0 Å². The minimum atomic E-state index is -0.0163. The second kappa shape index (κ2) is 43.0. The highest BCUT2D eigenvalue weighted by Crippen LogP contribution is 2.19. The highest BCUT2D eigenvalue weighted by molar-refractivity contribution is 5.69. The second-order valence-electron chi connectivity index (χ2n) is 17.3. The lowest BCUT2D eigenvalue weighted by molar-refractivity contribution is -0.150. The van der Waals surface area contributed by atoms with E-state index >= 15 is 0 Å². The summed E-state index contributed by atoms with van der Waals surface area (Å²) in [5.41, 5.74) is 0. The largest absolute Gasteiger partial charge is 0.466 e. The number of hydrogen-bond donors (Lipinski definition) is 0. The van der Waals surface area contributed by atoms with E-state index < -0.39 is 0 Å². The van der Waals surface area contributed by atoms with Crippen molar-refractivity contribution in [1.29, 1.82) is 0 Å². The Morgan fingerprint density at radius 3 is 1.20 bits per heavy atom. The van der Waals surface area contributed by atoms with Crippen LogP contribution in [0.4, 0.5) is 0 Å². The molecule has 0 rings (SSSR count). The van der Waals surface area contributed by atoms with Crippen molar-refractivity contribution in [1.82, 2.24) is 4.90 Å². The van der Waals surface area contributed by atoms with Crippen molar-refractivity contribution in [2.45, 2.75) is 272 Å². The van der Waals surface area contributed by atoms with Crippen molar-refractivity contribution >= 4 is 11.9 Å². The average Bonchev–Trinajstić information content (AvgIpc) is 3.15. The first-order valence-electron chi connectivity index (χ1n) is 24.5. The summed E-state index contributed by atoms with van der Waals surface area (Å²) in [6, 6.07) is 0. The van der Waals surface area contributed by atoms with Gasteiger partial charge in [-0.1, -0.05) is 189 Å². The summed E-state index contributed by atoms with van der Waals surface area (Å²) >= 11 is 0. The number of unbranched alkanes of at least 4 members (excludes halogenated alkanes) is 26. The predicted molar refractivity (Wildman–Crippen MR) is 235 cm³/mol. The summed E-state index contributed by atoms with van der Waals surface area (Å²) in [6.45, 7) is 15.4. The highest BCUT2D eigenvalue weighted by Gasteiger charge is 2.15. The fourth-order valence-electron chi connectivity index (χ4n) is 7.53. The summed E-state index contributed by atoms with van der Waals surface area (Å²) in [4.78, 5) is 27.8. The van der Waals surface area contributed by atoms with Gasteiger partial charge in [0.1, 0.15) is 6.10 Å². The van der Waals surface area contributed by atoms with Gasteiger partial charge >= 0.3 is 11.9 Å². The zero-order valence-corrected chi connectivity index (χ0v) is 37.5. The van der Waals surface area contributed by atoms with Crippen molar-refractivity contribution in [2.75, 3.05) is 26.2 Å². The summed E-state index contributed by atoms with van der Waals surface area (Å²) < 4.78 is 11.6. The van der Waals surface area contributed by atoms with Gasteiger partial charge in [-0.2, -0.15) is 0 Å². The molecule has 0 saturated heterocycles. The Morgan fingerprint density at radius 1 is 0.407 bits per heavy atom. The molecule has 5 nitrogen and oxygen atoms in total. The fraction of sp³-hybridized carbons (Fsp3) is 0.959. The first-order chi connectivity index (χ1) is 26.4. The molecule has 54 heavy (non-hydrogen) atoms. The molecular weight excluding hydrogens is 667 g/mol. The van der Waals surface area contributed by atoms with Crippen LogP contribution in [0.1, 0.15) is 266 Å². The topological polar surface area (TPSA) is 55.8 Å². The van der Waals surface area contributed by atoms with Crippen molar-refractivity contribution in [3.63, 3.8) is 0 Å². The Hall–Kier alpha value is -1.10. The molecule has 0 N–H and O–H groups in total. The van der Waals surface area contributed by atoms with Crippen LogP contribution in [0.5, 0.6) is 0 Å². The van der Waals surface area contributed by atoms with Crippen molar-refractivity contribution in [2.24, 2.45) is 5.92 Å². The van der Waals surface area contributed by atoms with Crippen LogP contribution in [0.2, 0.25) is 0 Å². The van der Waals surface area contributed by atoms with Gasteiger partial charge in [0.05, 0.1) is 6.61 Å². The van der Waals surface area contributed by atoms with Gasteiger partial charge in [-0.15, -0.1) is 0 Å². The molecule has 0 aliphatic carbocycles. The molecule has 0 saturated carbocycles. The molecule has 0 radical (unpaired) electrons. The Bertz CT molecular complexity index is 751. The van der Waals surface area contributed by atoms with Crippen LogP contribution in [0.15, 0.2) is 0 Å². The lowest BCUT2D eigenvalue weighted by Gasteiger charge is -2.23. The monoisotopic (exact) mass is 764 g/mol. The molecular formula is C49H97NO4. The van der Waals surface area contributed by atoms with Gasteiger partial charge in [-0.25, -0.2) is 0 Å². The van der Waals surface area contributed by atoms with Gasteiger partial charge in [0.25, 0.3) is 0 Å². The predicted octanol–water partition coefficient (Wildman–Crippen LogP) is 15.5. The first kappa shape index (κ1) is 52.9. The molecule has 5 heteroatoms. The maximum absolute atomic E-state index is 12.9. The molecule has 322 valence electrons. The molecule has 0 unspecified atom stereocenters. The van der Waals surface area contributed by atoms with E-state index in [0.29, 0.717) is 25.4 Å². The van der Waals surface area contributed by atoms with Gasteiger partial charge in [0.2, 0.25) is 0 Å². The molecule has 0 bridgehead atoms. The van der Waals surface area contributed by atoms with E-state index in [2.05, 4.69) is 39.5 Å². The third-order valence-electron chi connectivity index (χ3n) is 11.3. The molecule has 0 aliphatic heterocycles. The van der Waals surface area contributed by atoms with E-state index in [1.807, 2.05) is 0 Å². The standard InChI is InChI=1S/C49H97NO4/c1-6-9-12-15-18-21-24-27-36-45-53-48(51)39-32-28-34-42-50(44-41-46(4)5)43-35-29-33-40-49(52)54-47(37-30-25-22-19-16-13-10-7-2)38-31-26-23-20-17-14-11-8-3/h46-47H,6-45H2,1-5H3. The molecule has 0 fully saturated rings. The van der Waals surface area contributed by atoms with Gasteiger partial charge in [0.15, 0.2) is 0 Å². The van der Waals surface area contributed by atoms with Crippen LogP contribution in [0, 0.1) is 5.92 Å². The minimum Gasteiger partial charge on any atom is -0.466 e. The van der Waals surface area contributed by atoms with Gasteiger partial charge in [-0.05, 0) is 89.8 Å². The van der Waals surface area contributed by atoms with Gasteiger partial charge < -0.3 is 14.4 Å². The van der Waals surface area contributed by atoms with E-state index in [9.17, 15) is 9.59 Å². The van der Waals surface area contributed by atoms with Crippen LogP contribution in [0.25, 0.3) is 0 Å². The zero-order valence-electron chi connectivity index (χ0n) is 37.5. The SMILES string of the molecule is CCCCCCCCCCCOC(=O)CCCCCN(CCCCCC(=O)OC(CCCCCCCCCC)CCCCCCCCCC)CCC(C)C. The number of hydrogen-bond acceptors (Lipinski definition) is 5. The fourth-order valence-corrected chi connectivity index (χ4v) is 7.53. The van der Waals surface area contributed by atoms with Crippen LogP contribution in [-0.2, 0) is 19.1 Å². The minimum absolute atomic E-state index is 0.0163. The number of nitrogens with zero attached hydrogens (tertiary/aromatic N) is 1. The molecule has 0 aliphatic rings. The van der Waals surface area contributed by atoms with Crippen molar-refractivity contribution < 1.29 is 19.1 Å². The number of ether oxygens (including phenoxy) is 2. The number of rotatable bonds is 44. The van der Waals surface area contributed by atoms with Crippen LogP contribution in [-0.4, -0.2) is 49.2 Å². The molecule has 0 aromatic rings. The lowest BCUT2D eigenvalue weighted by atomic mass is 10.0. The molecule has 0 atom stereocenters. The van der Waals surface area contributed by atoms with Crippen molar-refractivity contribution in [3.8, 4) is 0 Å². The summed E-state index contributed by atoms with van der Waals surface area (Å²) in [7, 11) is 0. The zero-order chi connectivity index (χ0) is 39.6. The molecule has 0 aromatic heterocycles. The van der Waals surface area contributed by atoms with Gasteiger partial charge in [0, 0.05) is 12.8 Å². The third-order valence-corrected chi connectivity index (χ3v) is 11.3. The molecule has 0 spiro atoms. The maximum Gasteiger partial charge on any atom is 0.306 e. The Labute approximate surface area is 339 Å². The highest BCUT2D eigenvalue weighted by atomic mass is 16.5. The van der Waals surface area contributed by atoms with Crippen molar-refractivity contribution in [3.05, 3.63) is 0 Å². The molecule has 0 amide bonds. The quantitative estimate of drug-likeness (QED) is 0.0457. The summed E-state index contributed by atoms with van der Waals surface area (Å²) in [6.07, 6.45) is 43.5. The van der Waals surface area contributed by atoms with E-state index in [1.54, 1.807) is 0 Å². The normalized spacial score (nSPS) is 11.7. The first-order valence-corrected chi connectivity index (χ1v) is 24.5. The van der Waals surface area contributed by atoms with E-state index in [1.165, 1.54) is 161 Å². The van der Waals surface area contributed by atoms with E-state index in [4.69, 9.17) is 9.47 Å². The summed E-state index contributed by atoms with van der Waals surface area (Å²) in [5.74, 6) is 0.715. The molecule has 0 aromatic carbocycles.